The maximum atomic E-state index is 13.7. The third-order valence-electron chi connectivity index (χ3n) is 8.79. The van der Waals surface area contributed by atoms with E-state index < -0.39 is 11.1 Å². The summed E-state index contributed by atoms with van der Waals surface area (Å²) >= 11 is 0. The molecule has 0 saturated carbocycles. The number of carbonyl (C=O) groups excluding carboxylic acids is 2. The van der Waals surface area contributed by atoms with Crippen molar-refractivity contribution in [2.24, 2.45) is 10.7 Å². The molecule has 0 aromatic heterocycles. The molecule has 3 N–H and O–H groups in total. The number of nitrogens with zero attached hydrogens (tertiary/aromatic N) is 2. The molecule has 2 aromatic carbocycles. The van der Waals surface area contributed by atoms with Crippen LogP contribution in [0.1, 0.15) is 105 Å². The molecule has 0 radical (unpaired) electrons. The van der Waals surface area contributed by atoms with Gasteiger partial charge in [-0.3, -0.25) is 14.5 Å². The fourth-order valence-corrected chi connectivity index (χ4v) is 6.69. The number of aliphatic imine (C=N–C) groups is 1. The number of rotatable bonds is 1. The Morgan fingerprint density at radius 3 is 2.72 bits per heavy atom. The average Bonchev–Trinajstić information content (AvgIpc) is 2.90. The molecule has 2 amide bonds. The summed E-state index contributed by atoms with van der Waals surface area (Å²) in [6.07, 6.45) is 6.00. The van der Waals surface area contributed by atoms with Crippen molar-refractivity contribution in [3.8, 4) is 11.5 Å². The van der Waals surface area contributed by atoms with Crippen molar-refractivity contribution in [1.29, 1.82) is 0 Å². The summed E-state index contributed by atoms with van der Waals surface area (Å²) in [6, 6.07) is 11.3. The minimum atomic E-state index is -0.473. The summed E-state index contributed by atoms with van der Waals surface area (Å²) in [6.45, 7) is 6.66. The summed E-state index contributed by atoms with van der Waals surface area (Å²) in [5.41, 5.74) is 9.22. The monoisotopic (exact) mass is 530 g/mol. The predicted molar refractivity (Wildman–Crippen MR) is 149 cm³/mol. The van der Waals surface area contributed by atoms with Gasteiger partial charge in [-0.05, 0) is 69.4 Å². The number of nitrogens with one attached hydrogen (secondary N) is 1. The first-order valence-corrected chi connectivity index (χ1v) is 14.2. The third-order valence-corrected chi connectivity index (χ3v) is 8.79. The Bertz CT molecular complexity index is 1350. The van der Waals surface area contributed by atoms with E-state index in [0.717, 1.165) is 49.0 Å². The van der Waals surface area contributed by atoms with Gasteiger partial charge < -0.3 is 20.5 Å². The van der Waals surface area contributed by atoms with Gasteiger partial charge in [0.2, 0.25) is 5.91 Å². The highest BCUT2D eigenvalue weighted by atomic mass is 16.5. The Hall–Kier alpha value is -3.55. The Morgan fingerprint density at radius 2 is 1.92 bits per heavy atom. The lowest BCUT2D eigenvalue weighted by Gasteiger charge is -2.42. The molecule has 39 heavy (non-hydrogen) atoms. The van der Waals surface area contributed by atoms with Crippen molar-refractivity contribution in [2.45, 2.75) is 95.4 Å². The Morgan fingerprint density at radius 1 is 1.10 bits per heavy atom. The second-order valence-electron chi connectivity index (χ2n) is 12.1. The van der Waals surface area contributed by atoms with Gasteiger partial charge in [-0.1, -0.05) is 25.5 Å². The van der Waals surface area contributed by atoms with Crippen LogP contribution < -0.4 is 20.5 Å². The van der Waals surface area contributed by atoms with Gasteiger partial charge in [0.1, 0.15) is 17.1 Å². The van der Waals surface area contributed by atoms with E-state index in [0.29, 0.717) is 37.2 Å². The van der Waals surface area contributed by atoms with Crippen molar-refractivity contribution in [1.82, 2.24) is 10.2 Å². The quantitative estimate of drug-likeness (QED) is 0.542. The summed E-state index contributed by atoms with van der Waals surface area (Å²) in [5.74, 6) is 1.59. The first kappa shape index (κ1) is 25.7. The molecule has 5 heterocycles. The summed E-state index contributed by atoms with van der Waals surface area (Å²) < 4.78 is 12.2. The number of benzene rings is 2. The normalized spacial score (nSPS) is 27.9. The number of guanidine groups is 1. The van der Waals surface area contributed by atoms with Gasteiger partial charge in [0.25, 0.3) is 5.91 Å². The third kappa shape index (κ3) is 4.74. The van der Waals surface area contributed by atoms with Crippen molar-refractivity contribution < 1.29 is 19.1 Å². The molecule has 0 aliphatic carbocycles. The molecule has 0 saturated heterocycles. The van der Waals surface area contributed by atoms with Gasteiger partial charge in [0, 0.05) is 29.5 Å². The smallest absolute Gasteiger partial charge is 0.251 e. The van der Waals surface area contributed by atoms with E-state index in [1.165, 1.54) is 5.56 Å². The lowest BCUT2D eigenvalue weighted by Crippen LogP contribution is -2.53. The fourth-order valence-electron chi connectivity index (χ4n) is 6.69. The zero-order chi connectivity index (χ0) is 27.4. The molecule has 1 unspecified atom stereocenters. The molecule has 7 rings (SSSR count). The molecule has 8 nitrogen and oxygen atoms in total. The maximum absolute atomic E-state index is 13.7. The first-order chi connectivity index (χ1) is 18.7. The number of hydrogen-bond acceptors (Lipinski definition) is 6. The highest BCUT2D eigenvalue weighted by Crippen LogP contribution is 2.43. The van der Waals surface area contributed by atoms with Gasteiger partial charge in [-0.25, -0.2) is 4.99 Å². The Labute approximate surface area is 229 Å². The van der Waals surface area contributed by atoms with E-state index in [2.05, 4.69) is 38.2 Å². The minimum Gasteiger partial charge on any atom is -0.493 e. The molecule has 0 spiro atoms. The summed E-state index contributed by atoms with van der Waals surface area (Å²) in [4.78, 5) is 33.9. The fraction of sp³-hybridized carbons (Fsp3) is 0.516. The highest BCUT2D eigenvalue weighted by Gasteiger charge is 2.42. The van der Waals surface area contributed by atoms with Crippen LogP contribution in [0.25, 0.3) is 0 Å². The molecule has 3 atom stereocenters. The Balaban J connectivity index is 1.44. The van der Waals surface area contributed by atoms with E-state index in [4.69, 9.17) is 20.2 Å². The van der Waals surface area contributed by atoms with Crippen LogP contribution in [0.2, 0.25) is 0 Å². The van der Waals surface area contributed by atoms with Crippen molar-refractivity contribution in [3.63, 3.8) is 0 Å². The lowest BCUT2D eigenvalue weighted by atomic mass is 9.83. The average molecular weight is 531 g/mol. The zero-order valence-electron chi connectivity index (χ0n) is 23.1. The number of fused-ring (bicyclic) bond motifs is 5. The maximum Gasteiger partial charge on any atom is 0.251 e. The van der Waals surface area contributed by atoms with E-state index in [1.807, 2.05) is 18.2 Å². The van der Waals surface area contributed by atoms with E-state index in [-0.39, 0.29) is 29.9 Å². The standard InChI is InChI=1S/C31H38N4O4/c1-4-31-13-6-5-7-19-8-10-26-21(15-19)23(17-30(2,3)39-26)33-28(37)20-9-11-25-22(16-20)24(12-14-38-25)35(27(36)18-31)29(32)34-31/h8-11,15-16,23-24H,4-7,12-14,17-18H2,1-3H3,(H2,32,34)(H,33,37)/t23-,24+,31?/m0/s1. The molecule has 5 aliphatic rings. The van der Waals surface area contributed by atoms with E-state index in [9.17, 15) is 9.59 Å². The van der Waals surface area contributed by atoms with Crippen LogP contribution in [0.5, 0.6) is 11.5 Å². The SMILES string of the molecule is CCC12CCCCc3ccc4c(c3)[C@H](CC(C)(C)O4)NC(=O)c3ccc4c(c3)[C@@H](CCO4)N(C(=O)C1)C(N)=N2. The molecule has 8 heteroatoms. The first-order valence-electron chi connectivity index (χ1n) is 14.2. The van der Waals surface area contributed by atoms with Gasteiger partial charge in [0.05, 0.1) is 30.7 Å². The van der Waals surface area contributed by atoms with Crippen molar-refractivity contribution in [2.75, 3.05) is 6.61 Å². The number of amides is 2. The lowest BCUT2D eigenvalue weighted by molar-refractivity contribution is -0.132. The van der Waals surface area contributed by atoms with Gasteiger partial charge >= 0.3 is 0 Å². The number of aryl methyl sites for hydroxylation is 1. The molecular weight excluding hydrogens is 492 g/mol. The van der Waals surface area contributed by atoms with Crippen LogP contribution in [0.15, 0.2) is 41.4 Å². The minimum absolute atomic E-state index is 0.0113. The van der Waals surface area contributed by atoms with Crippen LogP contribution >= 0.6 is 0 Å². The number of nitrogens with two attached hydrogens (primary N) is 1. The van der Waals surface area contributed by atoms with Gasteiger partial charge in [-0.2, -0.15) is 0 Å². The van der Waals surface area contributed by atoms with Crippen LogP contribution in [0, 0.1) is 0 Å². The van der Waals surface area contributed by atoms with E-state index >= 15 is 0 Å². The second kappa shape index (κ2) is 9.57. The number of hydrogen-bond donors (Lipinski definition) is 2. The molecule has 0 fully saturated rings. The largest absolute Gasteiger partial charge is 0.493 e. The Kier molecular flexibility index (Phi) is 6.31. The summed E-state index contributed by atoms with van der Waals surface area (Å²) in [5, 5.41) is 3.28. The molecule has 5 aliphatic heterocycles. The number of ether oxygens (including phenoxy) is 2. The van der Waals surface area contributed by atoms with Crippen LogP contribution in [-0.2, 0) is 11.2 Å². The number of carbonyl (C=O) groups is 2. The molecule has 6 bridgehead atoms. The highest BCUT2D eigenvalue weighted by molar-refractivity contribution is 6.00. The summed E-state index contributed by atoms with van der Waals surface area (Å²) in [7, 11) is 0. The molecule has 2 aromatic rings. The van der Waals surface area contributed by atoms with E-state index in [1.54, 1.807) is 11.0 Å². The predicted octanol–water partition coefficient (Wildman–Crippen LogP) is 4.96. The van der Waals surface area contributed by atoms with Crippen LogP contribution in [-0.4, -0.2) is 40.4 Å². The second-order valence-corrected chi connectivity index (χ2v) is 12.1. The van der Waals surface area contributed by atoms with Crippen molar-refractivity contribution in [3.05, 3.63) is 58.7 Å². The topological polar surface area (TPSA) is 106 Å². The molecule has 206 valence electrons. The van der Waals surface area contributed by atoms with Crippen LogP contribution in [0.3, 0.4) is 0 Å². The van der Waals surface area contributed by atoms with Gasteiger partial charge in [0.15, 0.2) is 5.96 Å². The van der Waals surface area contributed by atoms with Crippen molar-refractivity contribution >= 4 is 17.8 Å². The zero-order valence-corrected chi connectivity index (χ0v) is 23.1. The molecular formula is C31H38N4O4. The van der Waals surface area contributed by atoms with Gasteiger partial charge in [-0.15, -0.1) is 0 Å². The van der Waals surface area contributed by atoms with Crippen LogP contribution in [0.4, 0.5) is 0 Å².